The van der Waals surface area contributed by atoms with Gasteiger partial charge in [-0.2, -0.15) is 0 Å². The molecule has 11 heteroatoms. The molecule has 10 nitrogen and oxygen atoms in total. The van der Waals surface area contributed by atoms with Crippen molar-refractivity contribution in [1.29, 1.82) is 0 Å². The van der Waals surface area contributed by atoms with Crippen LogP contribution >= 0.6 is 7.82 Å². The second-order valence-corrected chi connectivity index (χ2v) is 15.2. The maximum Gasteiger partial charge on any atom is 0.472 e. The summed E-state index contributed by atoms with van der Waals surface area (Å²) in [5, 5.41) is 10.3. The van der Waals surface area contributed by atoms with E-state index >= 15 is 0 Å². The van der Waals surface area contributed by atoms with Crippen LogP contribution in [0.5, 0.6) is 0 Å². The molecule has 312 valence electrons. The molecule has 0 spiro atoms. The van der Waals surface area contributed by atoms with Crippen molar-refractivity contribution in [3.05, 3.63) is 60.8 Å². The first-order valence-electron chi connectivity index (χ1n) is 20.9. The van der Waals surface area contributed by atoms with E-state index in [-0.39, 0.29) is 32.6 Å². The Morgan fingerprint density at radius 2 is 1.19 bits per heavy atom. The molecule has 0 heterocycles. The van der Waals surface area contributed by atoms with Gasteiger partial charge in [0.1, 0.15) is 6.61 Å². The van der Waals surface area contributed by atoms with Crippen molar-refractivity contribution < 1.29 is 42.7 Å². The van der Waals surface area contributed by atoms with Gasteiger partial charge in [-0.05, 0) is 70.6 Å². The molecule has 0 fully saturated rings. The van der Waals surface area contributed by atoms with Gasteiger partial charge in [-0.1, -0.05) is 139 Å². The van der Waals surface area contributed by atoms with Gasteiger partial charge in [0, 0.05) is 19.4 Å². The number of nitrogens with two attached hydrogens (primary N) is 1. The molecule has 0 aliphatic heterocycles. The molecule has 0 amide bonds. The zero-order valence-electron chi connectivity index (χ0n) is 33.8. The summed E-state index contributed by atoms with van der Waals surface area (Å²) in [7, 11) is -4.43. The van der Waals surface area contributed by atoms with Crippen molar-refractivity contribution in [2.45, 2.75) is 174 Å². The number of phosphoric acid groups is 1. The standard InChI is InChI=1S/C43H76NO9P/c1-3-5-7-9-11-13-15-17-18-20-22-24-26-28-30-34-42(46)50-38-41(39-52-54(48,49)51-37-36-44)53-43(47)35-31-33-40(45)32-29-27-25-23-21-19-16-14-12-10-8-6-4-2/h12,14,17-19,21,25,27,29,32,40-41,45H,3-11,13,15-16,20,22-24,26,28,30-31,33-39,44H2,1-2H3,(H,48,49)/b14-12-,18-17-,21-19-,27-25-,32-29+. The Morgan fingerprint density at radius 1 is 0.648 bits per heavy atom. The number of carbonyl (C=O) groups excluding carboxylic acids is 2. The Kier molecular flexibility index (Phi) is 37.2. The maximum absolute atomic E-state index is 12.6. The summed E-state index contributed by atoms with van der Waals surface area (Å²) in [6.07, 6.45) is 41.4. The Balaban J connectivity index is 4.41. The van der Waals surface area contributed by atoms with Crippen LogP contribution in [-0.4, -0.2) is 60.5 Å². The smallest absolute Gasteiger partial charge is 0.462 e. The van der Waals surface area contributed by atoms with E-state index in [0.29, 0.717) is 19.3 Å². The zero-order valence-corrected chi connectivity index (χ0v) is 34.7. The molecule has 0 aromatic rings. The predicted molar refractivity (Wildman–Crippen MR) is 221 cm³/mol. The van der Waals surface area contributed by atoms with E-state index in [4.69, 9.17) is 24.3 Å². The van der Waals surface area contributed by atoms with E-state index in [0.717, 1.165) is 51.4 Å². The molecule has 0 radical (unpaired) electrons. The molecule has 0 aliphatic rings. The number of unbranched alkanes of at least 4 members (excludes halogenated alkanes) is 14. The molecule has 0 aromatic heterocycles. The molecule has 0 rings (SSSR count). The van der Waals surface area contributed by atoms with Crippen LogP contribution in [0.1, 0.15) is 162 Å². The number of rotatable bonds is 38. The van der Waals surface area contributed by atoms with E-state index < -0.39 is 38.6 Å². The maximum atomic E-state index is 12.6. The van der Waals surface area contributed by atoms with Crippen LogP contribution in [-0.2, 0) is 32.7 Å². The molecule has 4 N–H and O–H groups in total. The summed E-state index contributed by atoms with van der Waals surface area (Å²) in [4.78, 5) is 34.8. The molecule has 0 saturated heterocycles. The summed E-state index contributed by atoms with van der Waals surface area (Å²) in [5.41, 5.74) is 5.33. The van der Waals surface area contributed by atoms with Crippen molar-refractivity contribution in [1.82, 2.24) is 0 Å². The highest BCUT2D eigenvalue weighted by Crippen LogP contribution is 2.43. The molecule has 3 atom stereocenters. The number of hydrogen-bond acceptors (Lipinski definition) is 9. The minimum absolute atomic E-state index is 0.00158. The molecular weight excluding hydrogens is 705 g/mol. The van der Waals surface area contributed by atoms with Crippen LogP contribution in [0.25, 0.3) is 0 Å². The van der Waals surface area contributed by atoms with Crippen LogP contribution in [0.15, 0.2) is 60.8 Å². The summed E-state index contributed by atoms with van der Waals surface area (Å²) >= 11 is 0. The van der Waals surface area contributed by atoms with Gasteiger partial charge in [-0.3, -0.25) is 18.6 Å². The fraction of sp³-hybridized carbons (Fsp3) is 0.721. The number of aliphatic hydroxyl groups excluding tert-OH is 1. The molecular formula is C43H76NO9P. The lowest BCUT2D eigenvalue weighted by molar-refractivity contribution is -0.161. The number of phosphoric ester groups is 1. The van der Waals surface area contributed by atoms with Crippen LogP contribution < -0.4 is 5.73 Å². The lowest BCUT2D eigenvalue weighted by Crippen LogP contribution is -2.29. The third-order valence-corrected chi connectivity index (χ3v) is 9.46. The first-order valence-corrected chi connectivity index (χ1v) is 22.4. The monoisotopic (exact) mass is 782 g/mol. The zero-order chi connectivity index (χ0) is 39.8. The Hall–Kier alpha value is -2.33. The second kappa shape index (κ2) is 38.9. The first-order chi connectivity index (χ1) is 26.2. The third kappa shape index (κ3) is 38.0. The van der Waals surface area contributed by atoms with E-state index in [9.17, 15) is 24.2 Å². The average Bonchev–Trinajstić information content (AvgIpc) is 3.15. The summed E-state index contributed by atoms with van der Waals surface area (Å²) < 4.78 is 32.6. The lowest BCUT2D eigenvalue weighted by atomic mass is 10.1. The van der Waals surface area contributed by atoms with Crippen molar-refractivity contribution in [2.75, 3.05) is 26.4 Å². The van der Waals surface area contributed by atoms with Crippen molar-refractivity contribution in [3.63, 3.8) is 0 Å². The number of ether oxygens (including phenoxy) is 2. The third-order valence-electron chi connectivity index (χ3n) is 8.48. The minimum atomic E-state index is -4.43. The van der Waals surface area contributed by atoms with Gasteiger partial charge in [0.25, 0.3) is 0 Å². The normalized spacial score (nSPS) is 14.5. The molecule has 0 bridgehead atoms. The Labute approximate surface area is 328 Å². The highest BCUT2D eigenvalue weighted by atomic mass is 31.2. The summed E-state index contributed by atoms with van der Waals surface area (Å²) in [5.74, 6) is -1.04. The Morgan fingerprint density at radius 3 is 1.85 bits per heavy atom. The quantitative estimate of drug-likeness (QED) is 0.0181. The Bertz CT molecular complexity index is 1090. The number of esters is 2. The van der Waals surface area contributed by atoms with Gasteiger partial charge in [0.2, 0.25) is 0 Å². The van der Waals surface area contributed by atoms with Crippen molar-refractivity contribution in [3.8, 4) is 0 Å². The average molecular weight is 782 g/mol. The molecule has 0 aromatic carbocycles. The first kappa shape index (κ1) is 51.7. The van der Waals surface area contributed by atoms with Crippen LogP contribution in [0, 0.1) is 0 Å². The van der Waals surface area contributed by atoms with Crippen molar-refractivity contribution in [2.24, 2.45) is 5.73 Å². The van der Waals surface area contributed by atoms with Gasteiger partial charge < -0.3 is 25.2 Å². The number of carbonyl (C=O) groups is 2. The molecule has 3 unspecified atom stereocenters. The van der Waals surface area contributed by atoms with E-state index in [1.54, 1.807) is 12.2 Å². The summed E-state index contributed by atoms with van der Waals surface area (Å²) in [6.45, 7) is 3.45. The summed E-state index contributed by atoms with van der Waals surface area (Å²) in [6, 6.07) is 0. The highest BCUT2D eigenvalue weighted by Gasteiger charge is 2.26. The van der Waals surface area contributed by atoms with Crippen LogP contribution in [0.3, 0.4) is 0 Å². The van der Waals surface area contributed by atoms with Crippen LogP contribution in [0.2, 0.25) is 0 Å². The fourth-order valence-corrected chi connectivity index (χ4v) is 6.08. The molecule has 54 heavy (non-hydrogen) atoms. The molecule has 0 aliphatic carbocycles. The number of aliphatic hydroxyl groups is 1. The van der Waals surface area contributed by atoms with Gasteiger partial charge >= 0.3 is 19.8 Å². The van der Waals surface area contributed by atoms with E-state index in [2.05, 4.69) is 50.3 Å². The van der Waals surface area contributed by atoms with E-state index in [1.807, 2.05) is 12.2 Å². The number of hydrogen-bond donors (Lipinski definition) is 3. The number of allylic oxidation sites excluding steroid dienone is 9. The van der Waals surface area contributed by atoms with Gasteiger partial charge in [-0.25, -0.2) is 4.57 Å². The highest BCUT2D eigenvalue weighted by molar-refractivity contribution is 7.47. The SMILES string of the molecule is CCCCC/C=C\C/C=C\C/C=C\C=C\C(O)CCCC(=O)OC(COC(=O)CCCCCCC/C=C\CCCCCCCC)COP(=O)(O)OCCN. The topological polar surface area (TPSA) is 155 Å². The lowest BCUT2D eigenvalue weighted by Gasteiger charge is -2.20. The second-order valence-electron chi connectivity index (χ2n) is 13.7. The van der Waals surface area contributed by atoms with Crippen molar-refractivity contribution >= 4 is 19.8 Å². The molecule has 0 saturated carbocycles. The van der Waals surface area contributed by atoms with Crippen LogP contribution in [0.4, 0.5) is 0 Å². The van der Waals surface area contributed by atoms with Gasteiger partial charge in [0.15, 0.2) is 6.10 Å². The van der Waals surface area contributed by atoms with E-state index in [1.165, 1.54) is 64.2 Å². The fourth-order valence-electron chi connectivity index (χ4n) is 5.32. The minimum Gasteiger partial charge on any atom is -0.462 e. The van der Waals surface area contributed by atoms with Gasteiger partial charge in [0.05, 0.1) is 19.3 Å². The largest absolute Gasteiger partial charge is 0.472 e. The van der Waals surface area contributed by atoms with Gasteiger partial charge in [-0.15, -0.1) is 0 Å². The predicted octanol–water partition coefficient (Wildman–Crippen LogP) is 10.7.